The average Bonchev–Trinajstić information content (AvgIpc) is 2.37. The van der Waals surface area contributed by atoms with Gasteiger partial charge in [-0.1, -0.05) is 26.2 Å². The summed E-state index contributed by atoms with van der Waals surface area (Å²) in [6, 6.07) is 0. The van der Waals surface area contributed by atoms with Crippen molar-refractivity contribution in [3.63, 3.8) is 0 Å². The van der Waals surface area contributed by atoms with Crippen LogP contribution in [0.1, 0.15) is 51.9 Å². The van der Waals surface area contributed by atoms with E-state index in [0.717, 1.165) is 5.92 Å². The predicted octanol–water partition coefficient (Wildman–Crippen LogP) is 5.10. The fourth-order valence-corrected chi connectivity index (χ4v) is 3.26. The molecule has 2 heteroatoms. The van der Waals surface area contributed by atoms with Crippen LogP contribution in [0.4, 0.5) is 0 Å². The second-order valence-corrected chi connectivity index (χ2v) is 10.4. The lowest BCUT2D eigenvalue weighted by Gasteiger charge is -2.22. The van der Waals surface area contributed by atoms with Crippen molar-refractivity contribution in [2.24, 2.45) is 5.92 Å². The predicted molar refractivity (Wildman–Crippen MR) is 74.0 cm³/mol. The molecule has 1 nitrogen and oxygen atoms in total. The molecule has 0 saturated carbocycles. The largest absolute Gasteiger partial charge is 0.548 e. The summed E-state index contributed by atoms with van der Waals surface area (Å²) >= 11 is 0. The molecule has 1 aliphatic carbocycles. The van der Waals surface area contributed by atoms with Gasteiger partial charge in [-0.2, -0.15) is 0 Å². The highest BCUT2D eigenvalue weighted by Crippen LogP contribution is 2.27. The van der Waals surface area contributed by atoms with Crippen LogP contribution in [0, 0.1) is 5.92 Å². The molecule has 0 aromatic heterocycles. The highest BCUT2D eigenvalue weighted by Gasteiger charge is 2.20. The van der Waals surface area contributed by atoms with E-state index < -0.39 is 8.32 Å². The van der Waals surface area contributed by atoms with E-state index in [2.05, 4.69) is 32.6 Å². The number of hydrogen-bond acceptors (Lipinski definition) is 1. The lowest BCUT2D eigenvalue weighted by Crippen LogP contribution is -2.25. The van der Waals surface area contributed by atoms with Crippen molar-refractivity contribution in [3.05, 3.63) is 11.8 Å². The minimum absolute atomic E-state index is 0.786. The zero-order valence-electron chi connectivity index (χ0n) is 11.5. The molecule has 1 rings (SSSR count). The summed E-state index contributed by atoms with van der Waals surface area (Å²) < 4.78 is 6.17. The average molecular weight is 240 g/mol. The molecule has 0 N–H and O–H groups in total. The minimum Gasteiger partial charge on any atom is -0.548 e. The Labute approximate surface area is 102 Å². The Morgan fingerprint density at radius 3 is 2.69 bits per heavy atom. The standard InChI is InChI=1S/C14H28OSi/c1-5-6-9-13-10-7-8-11-14(12-13)15-16(2,3)4/h12-13H,5-11H2,1-4H3. The van der Waals surface area contributed by atoms with Crippen LogP contribution in [0.25, 0.3) is 0 Å². The van der Waals surface area contributed by atoms with Crippen molar-refractivity contribution in [1.82, 2.24) is 0 Å². The molecule has 16 heavy (non-hydrogen) atoms. The number of allylic oxidation sites excluding steroid dienone is 2. The van der Waals surface area contributed by atoms with Crippen molar-refractivity contribution < 1.29 is 4.43 Å². The van der Waals surface area contributed by atoms with E-state index >= 15 is 0 Å². The molecule has 0 bridgehead atoms. The van der Waals surface area contributed by atoms with Gasteiger partial charge in [0, 0.05) is 6.42 Å². The molecule has 0 saturated heterocycles. The normalized spacial score (nSPS) is 22.5. The number of unbranched alkanes of at least 4 members (excludes halogenated alkanes) is 1. The molecular weight excluding hydrogens is 212 g/mol. The smallest absolute Gasteiger partial charge is 0.241 e. The van der Waals surface area contributed by atoms with Crippen LogP contribution < -0.4 is 0 Å². The molecule has 0 aromatic rings. The summed E-state index contributed by atoms with van der Waals surface area (Å²) in [5, 5.41) is 0. The molecule has 1 unspecified atom stereocenters. The van der Waals surface area contributed by atoms with Gasteiger partial charge in [-0.15, -0.1) is 0 Å². The van der Waals surface area contributed by atoms with Gasteiger partial charge in [0.05, 0.1) is 5.76 Å². The summed E-state index contributed by atoms with van der Waals surface area (Å²) in [5.74, 6) is 2.09. The van der Waals surface area contributed by atoms with Crippen molar-refractivity contribution in [2.45, 2.75) is 71.5 Å². The topological polar surface area (TPSA) is 9.23 Å². The van der Waals surface area contributed by atoms with Gasteiger partial charge >= 0.3 is 0 Å². The Morgan fingerprint density at radius 2 is 2.06 bits per heavy atom. The van der Waals surface area contributed by atoms with Crippen molar-refractivity contribution in [2.75, 3.05) is 0 Å². The quantitative estimate of drug-likeness (QED) is 0.607. The third kappa shape index (κ3) is 5.74. The minimum atomic E-state index is -1.40. The highest BCUT2D eigenvalue weighted by molar-refractivity contribution is 6.70. The number of hydrogen-bond donors (Lipinski definition) is 0. The second-order valence-electron chi connectivity index (χ2n) is 6.00. The van der Waals surface area contributed by atoms with Gasteiger partial charge in [0.15, 0.2) is 0 Å². The van der Waals surface area contributed by atoms with Crippen molar-refractivity contribution in [3.8, 4) is 0 Å². The summed E-state index contributed by atoms with van der Waals surface area (Å²) in [7, 11) is -1.40. The molecule has 0 radical (unpaired) electrons. The lowest BCUT2D eigenvalue weighted by molar-refractivity contribution is 0.393. The Kier molecular flexibility index (Phi) is 5.60. The van der Waals surface area contributed by atoms with Gasteiger partial charge in [0.25, 0.3) is 0 Å². The molecule has 0 aromatic carbocycles. The van der Waals surface area contributed by atoms with Crippen LogP contribution in [0.2, 0.25) is 19.6 Å². The van der Waals surface area contributed by atoms with Gasteiger partial charge in [-0.3, -0.25) is 0 Å². The third-order valence-electron chi connectivity index (χ3n) is 3.04. The molecule has 0 spiro atoms. The molecule has 94 valence electrons. The third-order valence-corrected chi connectivity index (χ3v) is 3.91. The maximum atomic E-state index is 6.17. The van der Waals surface area contributed by atoms with E-state index in [4.69, 9.17) is 4.43 Å². The van der Waals surface area contributed by atoms with Crippen LogP contribution in [-0.2, 0) is 4.43 Å². The molecule has 1 atom stereocenters. The van der Waals surface area contributed by atoms with Gasteiger partial charge in [0.2, 0.25) is 8.32 Å². The van der Waals surface area contributed by atoms with E-state index in [-0.39, 0.29) is 0 Å². The summed E-state index contributed by atoms with van der Waals surface area (Å²) in [4.78, 5) is 0. The molecule has 1 aliphatic rings. The Hall–Kier alpha value is -0.243. The Morgan fingerprint density at radius 1 is 1.31 bits per heavy atom. The summed E-state index contributed by atoms with van der Waals surface area (Å²) in [6.07, 6.45) is 11.7. The molecule has 0 amide bonds. The van der Waals surface area contributed by atoms with E-state index in [9.17, 15) is 0 Å². The Balaban J connectivity index is 2.54. The van der Waals surface area contributed by atoms with Gasteiger partial charge in [0.1, 0.15) is 0 Å². The zero-order valence-corrected chi connectivity index (χ0v) is 12.5. The summed E-state index contributed by atoms with van der Waals surface area (Å²) in [6.45, 7) is 9.11. The Bertz CT molecular complexity index is 227. The van der Waals surface area contributed by atoms with Crippen molar-refractivity contribution >= 4 is 8.32 Å². The highest BCUT2D eigenvalue weighted by atomic mass is 28.4. The maximum absolute atomic E-state index is 6.17. The van der Waals surface area contributed by atoms with Gasteiger partial charge < -0.3 is 4.43 Å². The van der Waals surface area contributed by atoms with E-state index in [1.54, 1.807) is 0 Å². The monoisotopic (exact) mass is 240 g/mol. The van der Waals surface area contributed by atoms with Crippen LogP contribution >= 0.6 is 0 Å². The van der Waals surface area contributed by atoms with Crippen molar-refractivity contribution in [1.29, 1.82) is 0 Å². The van der Waals surface area contributed by atoms with E-state index in [0.29, 0.717) is 0 Å². The van der Waals surface area contributed by atoms with E-state index in [1.807, 2.05) is 0 Å². The zero-order chi connectivity index (χ0) is 12.0. The van der Waals surface area contributed by atoms with Crippen LogP contribution in [0.5, 0.6) is 0 Å². The second kappa shape index (κ2) is 6.48. The first-order chi connectivity index (χ1) is 7.51. The van der Waals surface area contributed by atoms with Crippen LogP contribution in [0.3, 0.4) is 0 Å². The first-order valence-electron chi connectivity index (χ1n) is 6.91. The molecule has 0 heterocycles. The SMILES string of the molecule is CCCCC1C=C(O[Si](C)(C)C)CCCC1. The molecule has 0 aliphatic heterocycles. The maximum Gasteiger partial charge on any atom is 0.241 e. The van der Waals surface area contributed by atoms with Crippen LogP contribution in [0.15, 0.2) is 11.8 Å². The lowest BCUT2D eigenvalue weighted by atomic mass is 9.97. The van der Waals surface area contributed by atoms with Gasteiger partial charge in [-0.05, 0) is 50.9 Å². The first kappa shape index (κ1) is 13.8. The van der Waals surface area contributed by atoms with Crippen LogP contribution in [-0.4, -0.2) is 8.32 Å². The fourth-order valence-electron chi connectivity index (χ4n) is 2.31. The fraction of sp³-hybridized carbons (Fsp3) is 0.857. The first-order valence-corrected chi connectivity index (χ1v) is 10.3. The van der Waals surface area contributed by atoms with Gasteiger partial charge in [-0.25, -0.2) is 0 Å². The number of rotatable bonds is 5. The molecule has 0 fully saturated rings. The summed E-state index contributed by atoms with van der Waals surface area (Å²) in [5.41, 5.74) is 0. The van der Waals surface area contributed by atoms with E-state index in [1.165, 1.54) is 50.7 Å². The molecular formula is C14H28OSi.